The Hall–Kier alpha value is -0.433. The standard InChI is InChI=1S/C19H40N4OSi/c1-15-8-9-17(21-15)18(20)23-11-10-22(16(2)14-23)12-13-24-25(6,7)19(3,4)5/h15-17,20-21H,8-14H2,1-7H3/t15-,16-,17?/m1/s1. The normalized spacial score (nSPS) is 29.2. The monoisotopic (exact) mass is 368 g/mol. The summed E-state index contributed by atoms with van der Waals surface area (Å²) >= 11 is 0. The largest absolute Gasteiger partial charge is 0.416 e. The summed E-state index contributed by atoms with van der Waals surface area (Å²) in [5.41, 5.74) is 0. The third-order valence-corrected chi connectivity index (χ3v) is 11.0. The van der Waals surface area contributed by atoms with E-state index < -0.39 is 8.32 Å². The first-order chi connectivity index (χ1) is 11.5. The molecule has 2 N–H and O–H groups in total. The van der Waals surface area contributed by atoms with Crippen molar-refractivity contribution in [3.05, 3.63) is 0 Å². The SMILES string of the molecule is C[C@@H]1CCC(C(=N)N2CCN(CCO[Si](C)(C)C(C)(C)C)[C@H](C)C2)N1. The molecule has 0 aliphatic carbocycles. The maximum Gasteiger partial charge on any atom is 0.192 e. The van der Waals surface area contributed by atoms with Crippen molar-refractivity contribution in [2.45, 2.75) is 83.7 Å². The maximum atomic E-state index is 8.54. The van der Waals surface area contributed by atoms with E-state index in [9.17, 15) is 0 Å². The number of nitrogens with one attached hydrogen (secondary N) is 2. The summed E-state index contributed by atoms with van der Waals surface area (Å²) in [6.45, 7) is 20.9. The van der Waals surface area contributed by atoms with E-state index in [0.29, 0.717) is 12.1 Å². The van der Waals surface area contributed by atoms with Crippen molar-refractivity contribution in [2.75, 3.05) is 32.8 Å². The molecule has 2 saturated heterocycles. The van der Waals surface area contributed by atoms with E-state index in [-0.39, 0.29) is 11.1 Å². The van der Waals surface area contributed by atoms with Crippen molar-refractivity contribution in [2.24, 2.45) is 0 Å². The van der Waals surface area contributed by atoms with Crippen LogP contribution in [-0.2, 0) is 4.43 Å². The van der Waals surface area contributed by atoms with Gasteiger partial charge in [-0.05, 0) is 44.8 Å². The van der Waals surface area contributed by atoms with Crippen molar-refractivity contribution in [1.29, 1.82) is 5.41 Å². The Morgan fingerprint density at radius 2 is 1.88 bits per heavy atom. The highest BCUT2D eigenvalue weighted by Crippen LogP contribution is 2.36. The van der Waals surface area contributed by atoms with Gasteiger partial charge in [-0.3, -0.25) is 10.3 Å². The first kappa shape index (κ1) is 20.9. The Kier molecular flexibility index (Phi) is 6.74. The summed E-state index contributed by atoms with van der Waals surface area (Å²) in [5, 5.41) is 12.4. The van der Waals surface area contributed by atoms with Crippen molar-refractivity contribution < 1.29 is 4.43 Å². The second-order valence-electron chi connectivity index (χ2n) is 9.52. The number of nitrogens with zero attached hydrogens (tertiary/aromatic N) is 2. The molecule has 2 aliphatic heterocycles. The zero-order chi connectivity index (χ0) is 18.8. The van der Waals surface area contributed by atoms with Crippen LogP contribution in [0.1, 0.15) is 47.5 Å². The van der Waals surface area contributed by atoms with Crippen molar-refractivity contribution in [1.82, 2.24) is 15.1 Å². The van der Waals surface area contributed by atoms with E-state index in [1.165, 1.54) is 6.42 Å². The average Bonchev–Trinajstić information content (AvgIpc) is 2.93. The minimum absolute atomic E-state index is 0.260. The smallest absolute Gasteiger partial charge is 0.192 e. The second kappa shape index (κ2) is 8.07. The van der Waals surface area contributed by atoms with Gasteiger partial charge in [0.25, 0.3) is 0 Å². The van der Waals surface area contributed by atoms with Crippen LogP contribution in [0, 0.1) is 5.41 Å². The predicted octanol–water partition coefficient (Wildman–Crippen LogP) is 3.13. The molecule has 2 rings (SSSR count). The van der Waals surface area contributed by atoms with E-state index in [0.717, 1.165) is 45.0 Å². The van der Waals surface area contributed by atoms with Gasteiger partial charge >= 0.3 is 0 Å². The van der Waals surface area contributed by atoms with Crippen LogP contribution in [0.5, 0.6) is 0 Å². The average molecular weight is 369 g/mol. The van der Waals surface area contributed by atoms with Gasteiger partial charge in [0.1, 0.15) is 5.84 Å². The fraction of sp³-hybridized carbons (Fsp3) is 0.947. The van der Waals surface area contributed by atoms with Gasteiger partial charge in [0, 0.05) is 44.9 Å². The Morgan fingerprint density at radius 1 is 1.20 bits per heavy atom. The molecule has 146 valence electrons. The number of amidine groups is 1. The van der Waals surface area contributed by atoms with Gasteiger partial charge in [0.2, 0.25) is 0 Å². The van der Waals surface area contributed by atoms with Crippen molar-refractivity contribution in [3.8, 4) is 0 Å². The molecule has 0 amide bonds. The highest BCUT2D eigenvalue weighted by Gasteiger charge is 2.37. The lowest BCUT2D eigenvalue weighted by atomic mass is 10.1. The van der Waals surface area contributed by atoms with Crippen LogP contribution in [0.4, 0.5) is 0 Å². The third kappa shape index (κ3) is 5.28. The Labute approximate surface area is 156 Å². The minimum Gasteiger partial charge on any atom is -0.416 e. The molecular weight excluding hydrogens is 328 g/mol. The van der Waals surface area contributed by atoms with Crippen LogP contribution in [0.25, 0.3) is 0 Å². The Bertz CT molecular complexity index is 463. The molecule has 0 spiro atoms. The molecule has 1 unspecified atom stereocenters. The highest BCUT2D eigenvalue weighted by atomic mass is 28.4. The Morgan fingerprint density at radius 3 is 2.40 bits per heavy atom. The quantitative estimate of drug-likeness (QED) is 0.445. The van der Waals surface area contributed by atoms with Gasteiger partial charge in [0.05, 0.1) is 6.04 Å². The maximum absolute atomic E-state index is 8.54. The molecule has 3 atom stereocenters. The van der Waals surface area contributed by atoms with E-state index >= 15 is 0 Å². The molecular formula is C19H40N4OSi. The molecule has 2 aliphatic rings. The summed E-state index contributed by atoms with van der Waals surface area (Å²) < 4.78 is 6.34. The van der Waals surface area contributed by atoms with Crippen LogP contribution >= 0.6 is 0 Å². The fourth-order valence-electron chi connectivity index (χ4n) is 3.54. The van der Waals surface area contributed by atoms with Gasteiger partial charge in [-0.1, -0.05) is 20.8 Å². The van der Waals surface area contributed by atoms with Crippen LogP contribution in [0.2, 0.25) is 18.1 Å². The number of hydrogen-bond donors (Lipinski definition) is 2. The van der Waals surface area contributed by atoms with Gasteiger partial charge in [-0.2, -0.15) is 0 Å². The van der Waals surface area contributed by atoms with Gasteiger partial charge in [-0.25, -0.2) is 0 Å². The molecule has 0 saturated carbocycles. The number of rotatable bonds is 5. The lowest BCUT2D eigenvalue weighted by Gasteiger charge is -2.43. The van der Waals surface area contributed by atoms with Gasteiger partial charge in [-0.15, -0.1) is 0 Å². The number of piperazine rings is 1. The lowest BCUT2D eigenvalue weighted by Crippen LogP contribution is -2.57. The number of hydrogen-bond acceptors (Lipinski definition) is 4. The second-order valence-corrected chi connectivity index (χ2v) is 14.3. The topological polar surface area (TPSA) is 51.6 Å². The van der Waals surface area contributed by atoms with Gasteiger partial charge in [0.15, 0.2) is 8.32 Å². The van der Waals surface area contributed by atoms with E-state index in [1.54, 1.807) is 0 Å². The molecule has 2 heterocycles. The van der Waals surface area contributed by atoms with Crippen molar-refractivity contribution in [3.63, 3.8) is 0 Å². The summed E-state index contributed by atoms with van der Waals surface area (Å²) in [7, 11) is -1.65. The molecule has 0 radical (unpaired) electrons. The van der Waals surface area contributed by atoms with E-state index in [1.807, 2.05) is 0 Å². The van der Waals surface area contributed by atoms with Crippen LogP contribution in [0.15, 0.2) is 0 Å². The molecule has 0 bridgehead atoms. The molecule has 0 aromatic rings. The molecule has 0 aromatic heterocycles. The molecule has 2 fully saturated rings. The molecule has 6 heteroatoms. The van der Waals surface area contributed by atoms with Crippen molar-refractivity contribution >= 4 is 14.2 Å². The fourth-order valence-corrected chi connectivity index (χ4v) is 4.58. The lowest BCUT2D eigenvalue weighted by molar-refractivity contribution is 0.0996. The third-order valence-electron chi connectivity index (χ3n) is 6.46. The summed E-state index contributed by atoms with van der Waals surface area (Å²) in [6.07, 6.45) is 2.29. The van der Waals surface area contributed by atoms with Crippen LogP contribution in [-0.4, -0.2) is 74.9 Å². The first-order valence-electron chi connectivity index (χ1n) is 9.98. The Balaban J connectivity index is 1.77. The van der Waals surface area contributed by atoms with E-state index in [4.69, 9.17) is 9.84 Å². The molecule has 5 nitrogen and oxygen atoms in total. The minimum atomic E-state index is -1.65. The summed E-state index contributed by atoms with van der Waals surface area (Å²) in [5.74, 6) is 0.799. The van der Waals surface area contributed by atoms with Gasteiger partial charge < -0.3 is 14.6 Å². The van der Waals surface area contributed by atoms with Crippen LogP contribution < -0.4 is 5.32 Å². The zero-order valence-electron chi connectivity index (χ0n) is 17.5. The summed E-state index contributed by atoms with van der Waals surface area (Å²) in [4.78, 5) is 4.81. The predicted molar refractivity (Wildman–Crippen MR) is 109 cm³/mol. The molecule has 25 heavy (non-hydrogen) atoms. The molecule has 0 aromatic carbocycles. The highest BCUT2D eigenvalue weighted by molar-refractivity contribution is 6.74. The van der Waals surface area contributed by atoms with E-state index in [2.05, 4.69) is 62.8 Å². The summed E-state index contributed by atoms with van der Waals surface area (Å²) in [6, 6.07) is 1.29. The van der Waals surface area contributed by atoms with Crippen LogP contribution in [0.3, 0.4) is 0 Å². The first-order valence-corrected chi connectivity index (χ1v) is 12.9. The zero-order valence-corrected chi connectivity index (χ0v) is 18.5.